The van der Waals surface area contributed by atoms with Crippen LogP contribution < -0.4 is 0 Å². The van der Waals surface area contributed by atoms with Gasteiger partial charge in [-0.25, -0.2) is 0 Å². The van der Waals surface area contributed by atoms with Crippen molar-refractivity contribution in [2.24, 2.45) is 0 Å². The summed E-state index contributed by atoms with van der Waals surface area (Å²) in [6, 6.07) is 49.0. The lowest BCUT2D eigenvalue weighted by Crippen LogP contribution is -1.84. The topological polar surface area (TPSA) is 4.41 Å². The van der Waals surface area contributed by atoms with Gasteiger partial charge in [-0.2, -0.15) is 0 Å². The van der Waals surface area contributed by atoms with Crippen LogP contribution in [0.15, 0.2) is 133 Å². The molecular formula is C38H27N. The summed E-state index contributed by atoms with van der Waals surface area (Å²) in [4.78, 5) is 0. The van der Waals surface area contributed by atoms with Crippen LogP contribution in [-0.2, 0) is 6.42 Å². The average molecular weight is 498 g/mol. The van der Waals surface area contributed by atoms with Crippen LogP contribution in [0.25, 0.3) is 71.5 Å². The molecule has 8 rings (SSSR count). The number of hydrogen-bond donors (Lipinski definition) is 0. The van der Waals surface area contributed by atoms with E-state index < -0.39 is 0 Å². The third-order valence-corrected chi connectivity index (χ3v) is 8.26. The number of aromatic nitrogens is 1. The molecule has 0 spiro atoms. The molecular weight excluding hydrogens is 470 g/mol. The van der Waals surface area contributed by atoms with Crippen molar-refractivity contribution < 1.29 is 0 Å². The van der Waals surface area contributed by atoms with E-state index >= 15 is 0 Å². The lowest BCUT2D eigenvalue weighted by molar-refractivity contribution is 1.15. The van der Waals surface area contributed by atoms with E-state index in [4.69, 9.17) is 0 Å². The minimum absolute atomic E-state index is 1.03. The Bertz CT molecular complexity index is 2150. The number of para-hydroxylation sites is 1. The van der Waals surface area contributed by atoms with Crippen molar-refractivity contribution in [3.8, 4) is 33.4 Å². The minimum atomic E-state index is 1.03. The first kappa shape index (κ1) is 22.1. The van der Waals surface area contributed by atoms with Crippen LogP contribution in [-0.4, -0.2) is 4.40 Å². The van der Waals surface area contributed by atoms with Crippen molar-refractivity contribution in [1.29, 1.82) is 0 Å². The summed E-state index contributed by atoms with van der Waals surface area (Å²) in [7, 11) is 0. The Morgan fingerprint density at radius 3 is 1.64 bits per heavy atom. The van der Waals surface area contributed by atoms with Crippen molar-refractivity contribution in [2.75, 3.05) is 0 Å². The Balaban J connectivity index is 1.30. The van der Waals surface area contributed by atoms with E-state index in [1.54, 1.807) is 0 Å². The molecule has 2 heterocycles. The Kier molecular flexibility index (Phi) is 4.87. The van der Waals surface area contributed by atoms with Crippen LogP contribution in [0.2, 0.25) is 0 Å². The zero-order chi connectivity index (χ0) is 25.9. The molecule has 184 valence electrons. The molecule has 0 fully saturated rings. The van der Waals surface area contributed by atoms with Crippen molar-refractivity contribution >= 4 is 38.1 Å². The van der Waals surface area contributed by atoms with Gasteiger partial charge in [-0.1, -0.05) is 97.9 Å². The van der Waals surface area contributed by atoms with Gasteiger partial charge in [-0.05, 0) is 87.8 Å². The van der Waals surface area contributed by atoms with Crippen LogP contribution in [0.3, 0.4) is 0 Å². The first-order chi connectivity index (χ1) is 19.3. The second kappa shape index (κ2) is 8.58. The standard InChI is InChI=1S/C38H27N/c1-2-25-20-34-32-16-6-7-17-36(32)39-37-19-18-31(24-33(37)35(21-25)38(34)39)30-15-9-14-29(23-30)28-13-8-12-27(22-28)26-10-4-3-5-11-26/h3-24H,2H2,1H3. The van der Waals surface area contributed by atoms with Gasteiger partial charge in [0.1, 0.15) is 0 Å². The maximum atomic E-state index is 2.46. The Morgan fingerprint density at radius 2 is 0.949 bits per heavy atom. The molecule has 0 aliphatic rings. The van der Waals surface area contributed by atoms with Gasteiger partial charge in [0.2, 0.25) is 0 Å². The number of hydrogen-bond acceptors (Lipinski definition) is 0. The Labute approximate surface area is 227 Å². The summed E-state index contributed by atoms with van der Waals surface area (Å²) in [5.74, 6) is 0. The number of nitrogens with zero attached hydrogens (tertiary/aromatic N) is 1. The summed E-state index contributed by atoms with van der Waals surface area (Å²) >= 11 is 0. The highest BCUT2D eigenvalue weighted by Crippen LogP contribution is 2.41. The summed E-state index contributed by atoms with van der Waals surface area (Å²) in [5, 5.41) is 5.37. The number of benzene rings is 6. The fourth-order valence-electron chi connectivity index (χ4n) is 6.33. The molecule has 0 N–H and O–H groups in total. The Hall–Kier alpha value is -4.88. The number of aryl methyl sites for hydroxylation is 1. The predicted octanol–water partition coefficient (Wildman–Crippen LogP) is 10.4. The lowest BCUT2D eigenvalue weighted by Gasteiger charge is -2.09. The molecule has 0 aliphatic carbocycles. The third kappa shape index (κ3) is 3.40. The van der Waals surface area contributed by atoms with Crippen LogP contribution in [0.4, 0.5) is 0 Å². The summed E-state index contributed by atoms with van der Waals surface area (Å²) in [6.45, 7) is 2.25. The fraction of sp³-hybridized carbons (Fsp3) is 0.0526. The molecule has 0 bridgehead atoms. The van der Waals surface area contributed by atoms with Gasteiger partial charge < -0.3 is 4.40 Å². The molecule has 0 aliphatic heterocycles. The number of rotatable bonds is 4. The van der Waals surface area contributed by atoms with Crippen LogP contribution in [0.1, 0.15) is 12.5 Å². The van der Waals surface area contributed by atoms with E-state index in [0.717, 1.165) is 6.42 Å². The van der Waals surface area contributed by atoms with Crippen molar-refractivity contribution in [3.05, 3.63) is 139 Å². The molecule has 1 heteroatoms. The van der Waals surface area contributed by atoms with Crippen LogP contribution in [0.5, 0.6) is 0 Å². The monoisotopic (exact) mass is 497 g/mol. The second-order valence-corrected chi connectivity index (χ2v) is 10.5. The molecule has 39 heavy (non-hydrogen) atoms. The smallest absolute Gasteiger partial charge is 0.0620 e. The summed E-state index contributed by atoms with van der Waals surface area (Å²) < 4.78 is 2.46. The van der Waals surface area contributed by atoms with Crippen LogP contribution in [0, 0.1) is 0 Å². The zero-order valence-electron chi connectivity index (χ0n) is 21.9. The molecule has 6 aromatic carbocycles. The molecule has 1 nitrogen and oxygen atoms in total. The molecule has 0 saturated carbocycles. The normalized spacial score (nSPS) is 11.8. The first-order valence-electron chi connectivity index (χ1n) is 13.8. The molecule has 8 aromatic rings. The van der Waals surface area contributed by atoms with Gasteiger partial charge >= 0.3 is 0 Å². The highest BCUT2D eigenvalue weighted by Gasteiger charge is 2.18. The van der Waals surface area contributed by atoms with E-state index in [2.05, 4.69) is 145 Å². The van der Waals surface area contributed by atoms with E-state index in [-0.39, 0.29) is 0 Å². The SMILES string of the molecule is CCc1cc2c3ccccc3n3c4ccc(-c5cccc(-c6cccc(-c7ccccc7)c6)c5)cc4c(c1)c23. The molecule has 0 radical (unpaired) electrons. The predicted molar refractivity (Wildman–Crippen MR) is 167 cm³/mol. The quantitative estimate of drug-likeness (QED) is 0.228. The van der Waals surface area contributed by atoms with Crippen molar-refractivity contribution in [2.45, 2.75) is 13.3 Å². The van der Waals surface area contributed by atoms with E-state index in [0.29, 0.717) is 0 Å². The van der Waals surface area contributed by atoms with Gasteiger partial charge in [-0.15, -0.1) is 0 Å². The minimum Gasteiger partial charge on any atom is -0.308 e. The second-order valence-electron chi connectivity index (χ2n) is 10.5. The summed E-state index contributed by atoms with van der Waals surface area (Å²) in [5.41, 5.74) is 12.7. The highest BCUT2D eigenvalue weighted by atomic mass is 14.9. The van der Waals surface area contributed by atoms with E-state index in [9.17, 15) is 0 Å². The van der Waals surface area contributed by atoms with Gasteiger partial charge in [-0.3, -0.25) is 0 Å². The average Bonchev–Trinajstić information content (AvgIpc) is 3.52. The number of fused-ring (bicyclic) bond motifs is 6. The third-order valence-electron chi connectivity index (χ3n) is 8.26. The first-order valence-corrected chi connectivity index (χ1v) is 13.8. The fourth-order valence-corrected chi connectivity index (χ4v) is 6.33. The van der Waals surface area contributed by atoms with Gasteiger partial charge in [0, 0.05) is 21.5 Å². The van der Waals surface area contributed by atoms with Gasteiger partial charge in [0.25, 0.3) is 0 Å². The van der Waals surface area contributed by atoms with Gasteiger partial charge in [0.05, 0.1) is 16.6 Å². The highest BCUT2D eigenvalue weighted by molar-refractivity contribution is 6.23. The summed E-state index contributed by atoms with van der Waals surface area (Å²) in [6.07, 6.45) is 1.03. The van der Waals surface area contributed by atoms with Crippen molar-refractivity contribution in [1.82, 2.24) is 4.40 Å². The largest absolute Gasteiger partial charge is 0.308 e. The molecule has 2 aromatic heterocycles. The Morgan fingerprint density at radius 1 is 0.410 bits per heavy atom. The molecule has 0 atom stereocenters. The van der Waals surface area contributed by atoms with Gasteiger partial charge in [0.15, 0.2) is 0 Å². The zero-order valence-corrected chi connectivity index (χ0v) is 21.9. The van der Waals surface area contributed by atoms with Crippen LogP contribution >= 0.6 is 0 Å². The van der Waals surface area contributed by atoms with E-state index in [1.165, 1.54) is 77.0 Å². The maximum Gasteiger partial charge on any atom is 0.0620 e. The van der Waals surface area contributed by atoms with Crippen molar-refractivity contribution in [3.63, 3.8) is 0 Å². The maximum absolute atomic E-state index is 2.46. The molecule has 0 amide bonds. The molecule has 0 saturated heterocycles. The lowest BCUT2D eigenvalue weighted by atomic mass is 9.95. The van der Waals surface area contributed by atoms with E-state index in [1.807, 2.05) is 0 Å². The molecule has 0 unspecified atom stereocenters.